The molecule has 2 atom stereocenters. The summed E-state index contributed by atoms with van der Waals surface area (Å²) in [5, 5.41) is 0. The molecule has 1 amide bonds. The van der Waals surface area contributed by atoms with Crippen LogP contribution in [0.4, 0.5) is 4.79 Å². The van der Waals surface area contributed by atoms with Gasteiger partial charge < -0.3 is 13.8 Å². The summed E-state index contributed by atoms with van der Waals surface area (Å²) in [6, 6.07) is 9.81. The molecule has 24 heavy (non-hydrogen) atoms. The zero-order valence-corrected chi connectivity index (χ0v) is 16.6. The van der Waals surface area contributed by atoms with Gasteiger partial charge in [0.05, 0.1) is 12.1 Å². The predicted octanol–water partition coefficient (Wildman–Crippen LogP) is 4.58. The summed E-state index contributed by atoms with van der Waals surface area (Å²) in [5.41, 5.74) is 1.00. The molecule has 0 aromatic heterocycles. The van der Waals surface area contributed by atoms with Crippen LogP contribution in [0.25, 0.3) is 0 Å². The first-order valence-corrected chi connectivity index (χ1v) is 10.9. The van der Waals surface area contributed by atoms with Crippen molar-refractivity contribution in [1.82, 2.24) is 4.90 Å². The molecule has 1 aromatic carbocycles. The normalized spacial score (nSPS) is 22.5. The maximum Gasteiger partial charge on any atom is 0.410 e. The van der Waals surface area contributed by atoms with Crippen molar-refractivity contribution in [3.05, 3.63) is 35.9 Å². The number of benzene rings is 1. The lowest BCUT2D eigenvalue weighted by molar-refractivity contribution is 0.0835. The van der Waals surface area contributed by atoms with Crippen molar-refractivity contribution < 1.29 is 13.7 Å². The molecule has 0 saturated carbocycles. The first-order chi connectivity index (χ1) is 11.1. The molecule has 1 aliphatic heterocycles. The molecule has 0 radical (unpaired) electrons. The zero-order valence-electron chi connectivity index (χ0n) is 15.7. The highest BCUT2D eigenvalue weighted by Crippen LogP contribution is 2.55. The summed E-state index contributed by atoms with van der Waals surface area (Å²) in [7, 11) is -1.20. The van der Waals surface area contributed by atoms with Crippen LogP contribution in [0.3, 0.4) is 0 Å². The molecule has 1 fully saturated rings. The van der Waals surface area contributed by atoms with Gasteiger partial charge in [-0.1, -0.05) is 51.1 Å². The van der Waals surface area contributed by atoms with E-state index in [0.717, 1.165) is 12.0 Å². The Labute approximate surface area is 148 Å². The van der Waals surface area contributed by atoms with Gasteiger partial charge in [-0.15, -0.1) is 10.3 Å². The largest absolute Gasteiger partial charge is 0.445 e. The van der Waals surface area contributed by atoms with E-state index in [1.165, 1.54) is 0 Å². The molecule has 0 spiro atoms. The van der Waals surface area contributed by atoms with Crippen LogP contribution in [0.1, 0.15) is 39.7 Å². The van der Waals surface area contributed by atoms with Crippen LogP contribution in [0, 0.1) is 0 Å². The highest BCUT2D eigenvalue weighted by molar-refractivity contribution is 8.29. The van der Waals surface area contributed by atoms with Crippen LogP contribution in [0.5, 0.6) is 0 Å². The molecule has 0 N–H and O–H groups in total. The van der Waals surface area contributed by atoms with Crippen molar-refractivity contribution in [3.8, 4) is 0 Å². The molecular weight excluding hydrogens is 322 g/mol. The maximum absolute atomic E-state index is 12.4. The van der Waals surface area contributed by atoms with Crippen molar-refractivity contribution in [3.63, 3.8) is 0 Å². The Morgan fingerprint density at radius 2 is 1.88 bits per heavy atom. The molecular formula is C19H31NO3S. The lowest BCUT2D eigenvalue weighted by Gasteiger charge is -2.46. The third-order valence-electron chi connectivity index (χ3n) is 4.96. The zero-order chi connectivity index (χ0) is 18.0. The van der Waals surface area contributed by atoms with Crippen molar-refractivity contribution in [2.45, 2.75) is 57.6 Å². The second-order valence-electron chi connectivity index (χ2n) is 7.74. The smallest absolute Gasteiger partial charge is 0.410 e. The minimum atomic E-state index is -1.20. The summed E-state index contributed by atoms with van der Waals surface area (Å²) in [6.45, 7) is 9.71. The summed E-state index contributed by atoms with van der Waals surface area (Å²) in [4.78, 5) is 14.2. The van der Waals surface area contributed by atoms with Gasteiger partial charge in [-0.05, 0) is 31.4 Å². The van der Waals surface area contributed by atoms with Crippen LogP contribution in [0.15, 0.2) is 30.3 Å². The van der Waals surface area contributed by atoms with E-state index >= 15 is 0 Å². The topological polar surface area (TPSA) is 38.8 Å². The molecule has 1 aliphatic rings. The Bertz CT molecular complexity index is 553. The molecule has 4 nitrogen and oxygen atoms in total. The monoisotopic (exact) mass is 353 g/mol. The number of hydrogen-bond donors (Lipinski definition) is 0. The summed E-state index contributed by atoms with van der Waals surface area (Å²) in [6.07, 6.45) is 5.11. The van der Waals surface area contributed by atoms with E-state index in [-0.39, 0.29) is 23.0 Å². The lowest BCUT2D eigenvalue weighted by atomic mass is 10.2. The number of amides is 1. The molecule has 1 saturated heterocycles. The van der Waals surface area contributed by atoms with Gasteiger partial charge in [-0.25, -0.2) is 4.79 Å². The van der Waals surface area contributed by atoms with Crippen LogP contribution in [-0.4, -0.2) is 46.9 Å². The molecule has 0 aliphatic carbocycles. The van der Waals surface area contributed by atoms with Crippen LogP contribution < -0.4 is 0 Å². The lowest BCUT2D eigenvalue weighted by Crippen LogP contribution is -2.40. The Balaban J connectivity index is 1.91. The Morgan fingerprint density at radius 1 is 1.25 bits per heavy atom. The first-order valence-electron chi connectivity index (χ1n) is 8.50. The van der Waals surface area contributed by atoms with E-state index in [2.05, 4.69) is 40.2 Å². The third kappa shape index (κ3) is 4.45. The molecule has 0 unspecified atom stereocenters. The quantitative estimate of drug-likeness (QED) is 0.795. The number of rotatable bonds is 4. The minimum absolute atomic E-state index is 0.0439. The number of carbonyl (C=O) groups is 1. The number of carbonyl (C=O) groups excluding carboxylic acids is 1. The standard InChI is InChI=1S/C19H31NO3S/c1-15-17(23-24(5,6)19(2,3)4)12-13-20(15)18(21)22-14-16-10-8-7-9-11-16/h7-11,15,17H,12-14H2,1-6H3/t15-,17-/m0/s1. The van der Waals surface area contributed by atoms with Crippen molar-refractivity contribution in [2.24, 2.45) is 0 Å². The van der Waals surface area contributed by atoms with E-state index in [9.17, 15) is 4.79 Å². The maximum atomic E-state index is 12.4. The number of nitrogens with zero attached hydrogens (tertiary/aromatic N) is 1. The van der Waals surface area contributed by atoms with Gasteiger partial charge in [-0.2, -0.15) is 0 Å². The summed E-state index contributed by atoms with van der Waals surface area (Å²) >= 11 is 0. The Hall–Kier alpha value is -1.20. The number of likely N-dealkylation sites (tertiary alicyclic amines) is 1. The average molecular weight is 354 g/mol. The predicted molar refractivity (Wildman–Crippen MR) is 101 cm³/mol. The second-order valence-corrected chi connectivity index (χ2v) is 11.6. The fourth-order valence-electron chi connectivity index (χ4n) is 2.55. The van der Waals surface area contributed by atoms with Crippen molar-refractivity contribution >= 4 is 16.4 Å². The van der Waals surface area contributed by atoms with Gasteiger partial charge in [0.25, 0.3) is 0 Å². The van der Waals surface area contributed by atoms with E-state index in [4.69, 9.17) is 8.92 Å². The van der Waals surface area contributed by atoms with E-state index in [1.54, 1.807) is 4.90 Å². The van der Waals surface area contributed by atoms with Gasteiger partial charge >= 0.3 is 6.09 Å². The molecule has 0 bridgehead atoms. The fourth-order valence-corrected chi connectivity index (χ4v) is 3.72. The Kier molecular flexibility index (Phi) is 5.87. The molecule has 5 heteroatoms. The van der Waals surface area contributed by atoms with E-state index in [1.807, 2.05) is 30.3 Å². The summed E-state index contributed by atoms with van der Waals surface area (Å²) in [5.74, 6) is 0. The third-order valence-corrected chi connectivity index (χ3v) is 8.64. The Morgan fingerprint density at radius 3 is 2.46 bits per heavy atom. The van der Waals surface area contributed by atoms with Crippen LogP contribution in [0.2, 0.25) is 0 Å². The summed E-state index contributed by atoms with van der Waals surface area (Å²) < 4.78 is 12.0. The van der Waals surface area contributed by atoms with Gasteiger partial charge in [0.15, 0.2) is 0 Å². The van der Waals surface area contributed by atoms with Crippen LogP contribution in [-0.2, 0) is 15.5 Å². The molecule has 2 rings (SSSR count). The minimum Gasteiger partial charge on any atom is -0.445 e. The van der Waals surface area contributed by atoms with E-state index in [0.29, 0.717) is 13.2 Å². The van der Waals surface area contributed by atoms with Gasteiger partial charge in [-0.3, -0.25) is 0 Å². The first kappa shape index (κ1) is 19.1. The average Bonchev–Trinajstić information content (AvgIpc) is 2.85. The van der Waals surface area contributed by atoms with Crippen LogP contribution >= 0.6 is 10.3 Å². The fraction of sp³-hybridized carbons (Fsp3) is 0.632. The van der Waals surface area contributed by atoms with Crippen molar-refractivity contribution in [2.75, 3.05) is 19.1 Å². The van der Waals surface area contributed by atoms with Crippen molar-refractivity contribution in [1.29, 1.82) is 0 Å². The molecule has 1 heterocycles. The SMILES string of the molecule is C[C@H]1[C@@H](OS(C)(C)C(C)(C)C)CCN1C(=O)OCc1ccccc1. The number of ether oxygens (including phenoxy) is 1. The molecule has 136 valence electrons. The van der Waals surface area contributed by atoms with Gasteiger partial charge in [0.2, 0.25) is 0 Å². The highest BCUT2D eigenvalue weighted by Gasteiger charge is 2.40. The second kappa shape index (κ2) is 7.36. The highest BCUT2D eigenvalue weighted by atomic mass is 32.3. The van der Waals surface area contributed by atoms with Gasteiger partial charge in [0, 0.05) is 11.3 Å². The van der Waals surface area contributed by atoms with E-state index < -0.39 is 10.3 Å². The number of hydrogen-bond acceptors (Lipinski definition) is 3. The van der Waals surface area contributed by atoms with Gasteiger partial charge in [0.1, 0.15) is 6.61 Å². The molecule has 1 aromatic rings.